The van der Waals surface area contributed by atoms with Crippen LogP contribution in [0.1, 0.15) is 27.7 Å². The summed E-state index contributed by atoms with van der Waals surface area (Å²) in [6.07, 6.45) is 0. The highest BCUT2D eigenvalue weighted by atomic mass is 16.4. The number of amides is 2. The fraction of sp³-hybridized carbons (Fsp3) is 0.773. The highest BCUT2D eigenvalue weighted by Crippen LogP contribution is 2.00. The third-order valence-corrected chi connectivity index (χ3v) is 5.49. The van der Waals surface area contributed by atoms with Gasteiger partial charge in [0.2, 0.25) is 11.8 Å². The fourth-order valence-corrected chi connectivity index (χ4v) is 3.57. The monoisotopic (exact) mass is 503 g/mol. The van der Waals surface area contributed by atoms with E-state index in [4.69, 9.17) is 0 Å². The van der Waals surface area contributed by atoms with Crippen LogP contribution in [0.4, 0.5) is 0 Å². The van der Waals surface area contributed by atoms with Gasteiger partial charge in [-0.15, -0.1) is 0 Å². The smallest absolute Gasteiger partial charge is 0.317 e. The zero-order valence-electron chi connectivity index (χ0n) is 21.3. The topological polar surface area (TPSA) is 162 Å². The van der Waals surface area contributed by atoms with E-state index in [0.29, 0.717) is 26.2 Å². The van der Waals surface area contributed by atoms with Crippen LogP contribution in [0.5, 0.6) is 0 Å². The van der Waals surface area contributed by atoms with Gasteiger partial charge >= 0.3 is 17.9 Å². The molecule has 0 aromatic rings. The molecule has 0 aliphatic carbocycles. The number of likely N-dealkylation sites (N-methyl/N-ethyl adjacent to an activating group) is 2. The SMILES string of the molecule is CCN(CC)C(=O)CN(CCN(CCN(CC(=O)O)CC(=O)N(CC)CC)CC(=O)O)CC(=O)O. The predicted octanol–water partition coefficient (Wildman–Crippen LogP) is -1.12. The van der Waals surface area contributed by atoms with Crippen LogP contribution in [0, 0.1) is 0 Å². The molecule has 3 N–H and O–H groups in total. The van der Waals surface area contributed by atoms with Crippen molar-refractivity contribution in [2.24, 2.45) is 0 Å². The Hall–Kier alpha value is -2.77. The maximum Gasteiger partial charge on any atom is 0.317 e. The quantitative estimate of drug-likeness (QED) is 0.184. The first kappa shape index (κ1) is 32.2. The number of nitrogens with zero attached hydrogens (tertiary/aromatic N) is 5. The number of aliphatic carboxylic acids is 3. The standard InChI is InChI=1S/C22H41N5O8/c1-5-26(6-2)18(28)13-24(16-21(32)33)11-9-23(15-20(30)31)10-12-25(17-22(34)35)14-19(29)27(7-3)8-4/h5-17H2,1-4H3,(H,30,31)(H,32,33)(H,34,35). The molecule has 0 aliphatic rings. The van der Waals surface area contributed by atoms with Gasteiger partial charge in [0.1, 0.15) is 0 Å². The van der Waals surface area contributed by atoms with Crippen molar-refractivity contribution < 1.29 is 39.3 Å². The van der Waals surface area contributed by atoms with Gasteiger partial charge in [-0.25, -0.2) is 0 Å². The van der Waals surface area contributed by atoms with E-state index in [2.05, 4.69) is 0 Å². The lowest BCUT2D eigenvalue weighted by Crippen LogP contribution is -2.48. The van der Waals surface area contributed by atoms with Crippen molar-refractivity contribution in [3.05, 3.63) is 0 Å². The van der Waals surface area contributed by atoms with Gasteiger partial charge < -0.3 is 25.1 Å². The maximum atomic E-state index is 12.4. The third-order valence-electron chi connectivity index (χ3n) is 5.49. The summed E-state index contributed by atoms with van der Waals surface area (Å²) in [5.74, 6) is -3.75. The number of carbonyl (C=O) groups excluding carboxylic acids is 2. The van der Waals surface area contributed by atoms with Crippen LogP contribution in [0.25, 0.3) is 0 Å². The van der Waals surface area contributed by atoms with Crippen LogP contribution in [-0.2, 0) is 24.0 Å². The Morgan fingerprint density at radius 3 is 0.971 bits per heavy atom. The molecule has 0 fully saturated rings. The van der Waals surface area contributed by atoms with Crippen molar-refractivity contribution in [3.8, 4) is 0 Å². The van der Waals surface area contributed by atoms with Gasteiger partial charge in [-0.2, -0.15) is 0 Å². The molecule has 13 heteroatoms. The third kappa shape index (κ3) is 14.3. The number of rotatable bonds is 20. The number of hydrogen-bond donors (Lipinski definition) is 3. The molecular formula is C22H41N5O8. The predicted molar refractivity (Wildman–Crippen MR) is 128 cm³/mol. The van der Waals surface area contributed by atoms with E-state index in [0.717, 1.165) is 0 Å². The average molecular weight is 504 g/mol. The Labute approximate surface area is 206 Å². The van der Waals surface area contributed by atoms with Crippen LogP contribution in [0.15, 0.2) is 0 Å². The average Bonchev–Trinajstić information content (AvgIpc) is 2.75. The summed E-state index contributed by atoms with van der Waals surface area (Å²) in [4.78, 5) is 66.4. The summed E-state index contributed by atoms with van der Waals surface area (Å²) in [6, 6.07) is 0. The number of hydrogen-bond acceptors (Lipinski definition) is 8. The minimum Gasteiger partial charge on any atom is -0.480 e. The molecule has 0 aromatic carbocycles. The lowest BCUT2D eigenvalue weighted by Gasteiger charge is -2.29. The first-order valence-electron chi connectivity index (χ1n) is 11.8. The Kier molecular flexibility index (Phi) is 16.2. The Morgan fingerprint density at radius 1 is 0.457 bits per heavy atom. The first-order valence-corrected chi connectivity index (χ1v) is 11.8. The van der Waals surface area contributed by atoms with E-state index in [1.54, 1.807) is 9.80 Å². The summed E-state index contributed by atoms with van der Waals surface area (Å²) in [5.41, 5.74) is 0. The van der Waals surface area contributed by atoms with Crippen LogP contribution >= 0.6 is 0 Å². The van der Waals surface area contributed by atoms with Crippen molar-refractivity contribution in [3.63, 3.8) is 0 Å². The number of carboxylic acids is 3. The Balaban J connectivity index is 5.27. The molecule has 35 heavy (non-hydrogen) atoms. The van der Waals surface area contributed by atoms with Gasteiger partial charge in [0.15, 0.2) is 0 Å². The minimum absolute atomic E-state index is 0.113. The molecule has 0 atom stereocenters. The summed E-state index contributed by atoms with van der Waals surface area (Å²) in [6.45, 7) is 8.49. The summed E-state index contributed by atoms with van der Waals surface area (Å²) in [7, 11) is 0. The molecule has 0 radical (unpaired) electrons. The van der Waals surface area contributed by atoms with Crippen molar-refractivity contribution >= 4 is 29.7 Å². The van der Waals surface area contributed by atoms with Gasteiger partial charge in [0.25, 0.3) is 0 Å². The lowest BCUT2D eigenvalue weighted by molar-refractivity contribution is -0.141. The lowest BCUT2D eigenvalue weighted by atomic mass is 10.3. The van der Waals surface area contributed by atoms with E-state index in [1.165, 1.54) is 14.7 Å². The molecule has 0 saturated carbocycles. The molecule has 0 saturated heterocycles. The van der Waals surface area contributed by atoms with Crippen LogP contribution in [0.3, 0.4) is 0 Å². The first-order chi connectivity index (χ1) is 16.5. The number of carbonyl (C=O) groups is 5. The zero-order valence-corrected chi connectivity index (χ0v) is 21.3. The zero-order chi connectivity index (χ0) is 27.0. The van der Waals surface area contributed by atoms with Gasteiger partial charge in [-0.05, 0) is 27.7 Å². The second-order valence-corrected chi connectivity index (χ2v) is 8.01. The van der Waals surface area contributed by atoms with Crippen molar-refractivity contribution in [1.82, 2.24) is 24.5 Å². The van der Waals surface area contributed by atoms with Gasteiger partial charge in [0, 0.05) is 52.4 Å². The molecule has 202 valence electrons. The second-order valence-electron chi connectivity index (χ2n) is 8.01. The molecule has 0 unspecified atom stereocenters. The summed E-state index contributed by atoms with van der Waals surface area (Å²) in [5, 5.41) is 27.7. The maximum absolute atomic E-state index is 12.4. The Bertz CT molecular complexity index is 647. The highest BCUT2D eigenvalue weighted by molar-refractivity contribution is 5.79. The largest absolute Gasteiger partial charge is 0.480 e. The molecule has 2 amide bonds. The van der Waals surface area contributed by atoms with Crippen molar-refractivity contribution in [1.29, 1.82) is 0 Å². The van der Waals surface area contributed by atoms with E-state index >= 15 is 0 Å². The van der Waals surface area contributed by atoms with E-state index in [1.807, 2.05) is 27.7 Å². The van der Waals surface area contributed by atoms with Crippen LogP contribution < -0.4 is 0 Å². The molecule has 13 nitrogen and oxygen atoms in total. The second kappa shape index (κ2) is 17.6. The van der Waals surface area contributed by atoms with Crippen LogP contribution in [-0.4, -0.2) is 155 Å². The van der Waals surface area contributed by atoms with E-state index in [9.17, 15) is 39.3 Å². The normalized spacial score (nSPS) is 11.2. The highest BCUT2D eigenvalue weighted by Gasteiger charge is 2.21. The van der Waals surface area contributed by atoms with E-state index < -0.39 is 17.9 Å². The molecular weight excluding hydrogens is 462 g/mol. The molecule has 0 heterocycles. The van der Waals surface area contributed by atoms with Crippen molar-refractivity contribution in [2.45, 2.75) is 27.7 Å². The number of carboxylic acid groups (broad SMARTS) is 3. The molecule has 0 aromatic heterocycles. The summed E-state index contributed by atoms with van der Waals surface area (Å²) >= 11 is 0. The fourth-order valence-electron chi connectivity index (χ4n) is 3.57. The molecule has 0 spiro atoms. The van der Waals surface area contributed by atoms with Gasteiger partial charge in [0.05, 0.1) is 32.7 Å². The molecule has 0 rings (SSSR count). The van der Waals surface area contributed by atoms with E-state index in [-0.39, 0.29) is 70.7 Å². The molecule has 0 bridgehead atoms. The van der Waals surface area contributed by atoms with Gasteiger partial charge in [-0.3, -0.25) is 38.7 Å². The van der Waals surface area contributed by atoms with Gasteiger partial charge in [-0.1, -0.05) is 0 Å². The molecule has 0 aliphatic heterocycles. The summed E-state index contributed by atoms with van der Waals surface area (Å²) < 4.78 is 0. The van der Waals surface area contributed by atoms with Crippen molar-refractivity contribution in [2.75, 3.05) is 85.1 Å². The van der Waals surface area contributed by atoms with Crippen LogP contribution in [0.2, 0.25) is 0 Å². The Morgan fingerprint density at radius 2 is 0.714 bits per heavy atom. The minimum atomic E-state index is -1.11.